The molecule has 2 aromatic carbocycles. The molecule has 0 saturated carbocycles. The highest BCUT2D eigenvalue weighted by molar-refractivity contribution is 5.42. The first-order valence-corrected chi connectivity index (χ1v) is 6.94. The van der Waals surface area contributed by atoms with Crippen molar-refractivity contribution >= 4 is 0 Å². The molecule has 0 saturated heterocycles. The van der Waals surface area contributed by atoms with Crippen molar-refractivity contribution in [3.63, 3.8) is 0 Å². The summed E-state index contributed by atoms with van der Waals surface area (Å²) >= 11 is 0. The van der Waals surface area contributed by atoms with Crippen LogP contribution in [0, 0.1) is 12.7 Å². The number of halogens is 1. The summed E-state index contributed by atoms with van der Waals surface area (Å²) in [4.78, 5) is 0. The maximum Gasteiger partial charge on any atom is 0.165 e. The first-order chi connectivity index (χ1) is 10.1. The van der Waals surface area contributed by atoms with Crippen LogP contribution in [-0.2, 0) is 0 Å². The van der Waals surface area contributed by atoms with E-state index in [0.29, 0.717) is 6.42 Å². The van der Waals surface area contributed by atoms with Crippen molar-refractivity contribution in [3.05, 3.63) is 58.9 Å². The first-order valence-electron chi connectivity index (χ1n) is 6.94. The van der Waals surface area contributed by atoms with Gasteiger partial charge >= 0.3 is 0 Å². The Hall–Kier alpha value is -2.07. The van der Waals surface area contributed by atoms with E-state index in [2.05, 4.69) is 0 Å². The van der Waals surface area contributed by atoms with Crippen molar-refractivity contribution in [3.8, 4) is 11.5 Å². The number of fused-ring (bicyclic) bond motifs is 1. The van der Waals surface area contributed by atoms with Crippen LogP contribution in [0.4, 0.5) is 4.39 Å². The summed E-state index contributed by atoms with van der Waals surface area (Å²) in [5, 5.41) is 0. The Morgan fingerprint density at radius 2 is 2.05 bits per heavy atom. The van der Waals surface area contributed by atoms with Gasteiger partial charge in [-0.15, -0.1) is 0 Å². The van der Waals surface area contributed by atoms with E-state index in [0.717, 1.165) is 22.4 Å². The molecular formula is C17H18FNO2. The number of hydrogen-bond donors (Lipinski definition) is 1. The second-order valence-corrected chi connectivity index (χ2v) is 5.38. The zero-order valence-electron chi connectivity index (χ0n) is 12.1. The van der Waals surface area contributed by atoms with Gasteiger partial charge in [0.1, 0.15) is 11.9 Å². The Kier molecular flexibility index (Phi) is 3.55. The Bertz CT molecular complexity index is 672. The van der Waals surface area contributed by atoms with Crippen molar-refractivity contribution in [2.75, 3.05) is 7.11 Å². The van der Waals surface area contributed by atoms with Gasteiger partial charge in [0.15, 0.2) is 11.6 Å². The quantitative estimate of drug-likeness (QED) is 0.916. The highest BCUT2D eigenvalue weighted by Crippen LogP contribution is 2.40. The molecule has 0 radical (unpaired) electrons. The standard InChI is InChI=1S/C17H18FNO2/c1-10-3-5-15-12(7-10)14(19)9-17(21-15)11-4-6-16(20-2)13(18)8-11/h3-8,14,17H,9,19H2,1-2H3. The van der Waals surface area contributed by atoms with Gasteiger partial charge < -0.3 is 15.2 Å². The third-order valence-corrected chi connectivity index (χ3v) is 3.85. The van der Waals surface area contributed by atoms with Crippen molar-refractivity contribution < 1.29 is 13.9 Å². The molecule has 3 nitrogen and oxygen atoms in total. The van der Waals surface area contributed by atoms with E-state index in [4.69, 9.17) is 15.2 Å². The molecule has 0 aliphatic carbocycles. The van der Waals surface area contributed by atoms with E-state index < -0.39 is 0 Å². The average Bonchev–Trinajstić information content (AvgIpc) is 2.47. The van der Waals surface area contributed by atoms with Crippen LogP contribution < -0.4 is 15.2 Å². The van der Waals surface area contributed by atoms with Crippen molar-refractivity contribution in [1.29, 1.82) is 0 Å². The van der Waals surface area contributed by atoms with Crippen molar-refractivity contribution in [2.45, 2.75) is 25.5 Å². The first kappa shape index (κ1) is 13.9. The molecule has 2 N–H and O–H groups in total. The number of hydrogen-bond acceptors (Lipinski definition) is 3. The van der Waals surface area contributed by atoms with Gasteiger partial charge in [-0.05, 0) is 30.7 Å². The molecule has 110 valence electrons. The SMILES string of the molecule is COc1ccc(C2CC(N)c3cc(C)ccc3O2)cc1F. The number of nitrogens with two attached hydrogens (primary N) is 1. The molecule has 2 unspecified atom stereocenters. The van der Waals surface area contributed by atoms with Crippen LogP contribution in [0.25, 0.3) is 0 Å². The van der Waals surface area contributed by atoms with E-state index in [1.165, 1.54) is 13.2 Å². The van der Waals surface area contributed by atoms with E-state index >= 15 is 0 Å². The second kappa shape index (κ2) is 5.37. The molecule has 0 spiro atoms. The molecule has 2 aromatic rings. The minimum absolute atomic E-state index is 0.108. The maximum absolute atomic E-state index is 13.8. The molecule has 1 heterocycles. The van der Waals surface area contributed by atoms with Crippen LogP contribution in [0.15, 0.2) is 36.4 Å². The lowest BCUT2D eigenvalue weighted by Gasteiger charge is -2.31. The Morgan fingerprint density at radius 1 is 1.24 bits per heavy atom. The number of benzene rings is 2. The average molecular weight is 287 g/mol. The molecule has 3 rings (SSSR count). The van der Waals surface area contributed by atoms with Gasteiger partial charge in [-0.1, -0.05) is 23.8 Å². The predicted molar refractivity (Wildman–Crippen MR) is 79.0 cm³/mol. The van der Waals surface area contributed by atoms with Gasteiger partial charge in [-0.3, -0.25) is 0 Å². The number of ether oxygens (including phenoxy) is 2. The normalized spacial score (nSPS) is 20.6. The van der Waals surface area contributed by atoms with Crippen molar-refractivity contribution in [1.82, 2.24) is 0 Å². The minimum Gasteiger partial charge on any atom is -0.494 e. The zero-order valence-corrected chi connectivity index (χ0v) is 12.1. The summed E-state index contributed by atoms with van der Waals surface area (Å²) in [6, 6.07) is 10.7. The summed E-state index contributed by atoms with van der Waals surface area (Å²) in [7, 11) is 1.45. The maximum atomic E-state index is 13.8. The van der Waals surface area contributed by atoms with Crippen LogP contribution in [0.2, 0.25) is 0 Å². The smallest absolute Gasteiger partial charge is 0.165 e. The van der Waals surface area contributed by atoms with Crippen LogP contribution >= 0.6 is 0 Å². The topological polar surface area (TPSA) is 44.5 Å². The molecule has 1 aliphatic heterocycles. The van der Waals surface area contributed by atoms with E-state index in [-0.39, 0.29) is 23.7 Å². The van der Waals surface area contributed by atoms with Gasteiger partial charge in [-0.25, -0.2) is 4.39 Å². The van der Waals surface area contributed by atoms with Crippen LogP contribution in [0.5, 0.6) is 11.5 Å². The molecule has 0 aromatic heterocycles. The fourth-order valence-electron chi connectivity index (χ4n) is 2.71. The highest BCUT2D eigenvalue weighted by atomic mass is 19.1. The summed E-state index contributed by atoms with van der Waals surface area (Å²) in [6.45, 7) is 2.03. The fourth-order valence-corrected chi connectivity index (χ4v) is 2.71. The minimum atomic E-state index is -0.387. The second-order valence-electron chi connectivity index (χ2n) is 5.38. The van der Waals surface area contributed by atoms with E-state index in [1.54, 1.807) is 6.07 Å². The Morgan fingerprint density at radius 3 is 2.76 bits per heavy atom. The van der Waals surface area contributed by atoms with Crippen LogP contribution in [0.1, 0.15) is 35.3 Å². The molecular weight excluding hydrogens is 269 g/mol. The lowest BCUT2D eigenvalue weighted by molar-refractivity contribution is 0.161. The molecule has 2 atom stereocenters. The molecule has 0 amide bonds. The number of methoxy groups -OCH3 is 1. The van der Waals surface area contributed by atoms with Gasteiger partial charge in [0, 0.05) is 18.0 Å². The summed E-state index contributed by atoms with van der Waals surface area (Å²) in [6.07, 6.45) is 0.387. The molecule has 21 heavy (non-hydrogen) atoms. The van der Waals surface area contributed by atoms with Crippen molar-refractivity contribution in [2.24, 2.45) is 5.73 Å². The fraction of sp³-hybridized carbons (Fsp3) is 0.294. The van der Waals surface area contributed by atoms with Gasteiger partial charge in [0.2, 0.25) is 0 Å². The Labute approximate surface area is 123 Å². The lowest BCUT2D eigenvalue weighted by atomic mass is 9.92. The molecule has 0 fully saturated rings. The summed E-state index contributed by atoms with van der Waals surface area (Å²) < 4.78 is 24.8. The summed E-state index contributed by atoms with van der Waals surface area (Å²) in [5.41, 5.74) is 9.18. The van der Waals surface area contributed by atoms with E-state index in [9.17, 15) is 4.39 Å². The molecule has 4 heteroatoms. The highest BCUT2D eigenvalue weighted by Gasteiger charge is 2.27. The summed E-state index contributed by atoms with van der Waals surface area (Å²) in [5.74, 6) is 0.623. The molecule has 0 bridgehead atoms. The van der Waals surface area contributed by atoms with Crippen LogP contribution in [-0.4, -0.2) is 7.11 Å². The molecule has 1 aliphatic rings. The van der Waals surface area contributed by atoms with Gasteiger partial charge in [0.25, 0.3) is 0 Å². The third kappa shape index (κ3) is 2.59. The monoisotopic (exact) mass is 287 g/mol. The Balaban J connectivity index is 1.92. The van der Waals surface area contributed by atoms with E-state index in [1.807, 2.05) is 31.2 Å². The third-order valence-electron chi connectivity index (χ3n) is 3.85. The predicted octanol–water partition coefficient (Wildman–Crippen LogP) is 3.67. The number of aryl methyl sites for hydroxylation is 1. The largest absolute Gasteiger partial charge is 0.494 e. The van der Waals surface area contributed by atoms with Gasteiger partial charge in [-0.2, -0.15) is 0 Å². The number of rotatable bonds is 2. The lowest BCUT2D eigenvalue weighted by Crippen LogP contribution is -2.24. The van der Waals surface area contributed by atoms with Crippen LogP contribution in [0.3, 0.4) is 0 Å². The zero-order chi connectivity index (χ0) is 15.0. The van der Waals surface area contributed by atoms with Gasteiger partial charge in [0.05, 0.1) is 7.11 Å².